The van der Waals surface area contributed by atoms with E-state index >= 15 is 0 Å². The van der Waals surface area contributed by atoms with Crippen LogP contribution in [-0.4, -0.2) is 31.0 Å². The predicted octanol–water partition coefficient (Wildman–Crippen LogP) is 2.02. The maximum Gasteiger partial charge on any atom is 0.0621 e. The van der Waals surface area contributed by atoms with Crippen LogP contribution in [0, 0.1) is 0 Å². The molecule has 1 saturated heterocycles. The Morgan fingerprint density at radius 1 is 1.40 bits per heavy atom. The van der Waals surface area contributed by atoms with Crippen LogP contribution in [-0.2, 0) is 4.74 Å². The van der Waals surface area contributed by atoms with Crippen molar-refractivity contribution in [2.24, 2.45) is 0 Å². The van der Waals surface area contributed by atoms with Crippen molar-refractivity contribution in [1.82, 2.24) is 4.67 Å². The van der Waals surface area contributed by atoms with Crippen LogP contribution in [0.2, 0.25) is 0 Å². The molecule has 1 aliphatic rings. The third-order valence-electron chi connectivity index (χ3n) is 2.78. The Morgan fingerprint density at radius 3 is 2.93 bits per heavy atom. The van der Waals surface area contributed by atoms with Gasteiger partial charge < -0.3 is 4.74 Å². The van der Waals surface area contributed by atoms with Crippen LogP contribution in [0.5, 0.6) is 0 Å². The van der Waals surface area contributed by atoms with E-state index in [1.807, 2.05) is 0 Å². The molecule has 0 bridgehead atoms. The summed E-state index contributed by atoms with van der Waals surface area (Å²) in [5.41, 5.74) is 0. The molecule has 0 N–H and O–H groups in total. The van der Waals surface area contributed by atoms with E-state index in [1.165, 1.54) is 24.7 Å². The van der Waals surface area contributed by atoms with Crippen molar-refractivity contribution in [1.29, 1.82) is 0 Å². The van der Waals surface area contributed by atoms with E-state index in [2.05, 4.69) is 35.0 Å². The van der Waals surface area contributed by atoms with Gasteiger partial charge in [-0.15, -0.1) is 0 Å². The molecule has 2 rings (SSSR count). The van der Waals surface area contributed by atoms with Crippen molar-refractivity contribution in [2.45, 2.75) is 18.9 Å². The van der Waals surface area contributed by atoms with Crippen molar-refractivity contribution < 1.29 is 4.74 Å². The molecule has 0 radical (unpaired) electrons. The highest BCUT2D eigenvalue weighted by molar-refractivity contribution is 7.44. The maximum absolute atomic E-state index is 5.26. The normalized spacial score (nSPS) is 22.9. The van der Waals surface area contributed by atoms with E-state index < -0.39 is 0 Å². The molecule has 2 nitrogen and oxygen atoms in total. The van der Waals surface area contributed by atoms with Crippen LogP contribution in [0.3, 0.4) is 0 Å². The molecule has 1 aromatic rings. The molecular weight excluding hydrogens is 205 g/mol. The van der Waals surface area contributed by atoms with Crippen molar-refractivity contribution in [3.63, 3.8) is 0 Å². The van der Waals surface area contributed by atoms with Gasteiger partial charge in [-0.3, -0.25) is 4.67 Å². The van der Waals surface area contributed by atoms with Crippen LogP contribution < -0.4 is 5.30 Å². The van der Waals surface area contributed by atoms with Gasteiger partial charge in [0.15, 0.2) is 0 Å². The quantitative estimate of drug-likeness (QED) is 0.724. The third kappa shape index (κ3) is 3.01. The Bertz CT molecular complexity index is 291. The van der Waals surface area contributed by atoms with Gasteiger partial charge in [-0.25, -0.2) is 0 Å². The lowest BCUT2D eigenvalue weighted by molar-refractivity contribution is 0.152. The second-order valence-corrected chi connectivity index (χ2v) is 5.30. The third-order valence-corrected chi connectivity index (χ3v) is 4.25. The molecule has 1 fully saturated rings. The molecule has 0 saturated carbocycles. The van der Waals surface area contributed by atoms with E-state index in [0.717, 1.165) is 15.3 Å². The van der Waals surface area contributed by atoms with E-state index in [-0.39, 0.29) is 0 Å². The van der Waals surface area contributed by atoms with Crippen LogP contribution in [0.4, 0.5) is 0 Å². The number of benzene rings is 1. The van der Waals surface area contributed by atoms with Crippen molar-refractivity contribution in [2.75, 3.05) is 20.3 Å². The molecule has 1 aliphatic heterocycles. The summed E-state index contributed by atoms with van der Waals surface area (Å²) >= 11 is 0. The highest BCUT2D eigenvalue weighted by Gasteiger charge is 2.24. The molecule has 0 aromatic heterocycles. The molecule has 1 heterocycles. The topological polar surface area (TPSA) is 12.5 Å². The molecular formula is C12H18NOP. The molecule has 1 unspecified atom stereocenters. The first kappa shape index (κ1) is 11.1. The van der Waals surface area contributed by atoms with Gasteiger partial charge in [0.25, 0.3) is 0 Å². The Morgan fingerprint density at radius 2 is 2.20 bits per heavy atom. The van der Waals surface area contributed by atoms with E-state index in [1.54, 1.807) is 7.11 Å². The van der Waals surface area contributed by atoms with Gasteiger partial charge in [0.05, 0.1) is 6.61 Å². The number of rotatable bonds is 4. The monoisotopic (exact) mass is 223 g/mol. The zero-order valence-electron chi connectivity index (χ0n) is 9.15. The highest BCUT2D eigenvalue weighted by atomic mass is 31.1. The highest BCUT2D eigenvalue weighted by Crippen LogP contribution is 2.29. The van der Waals surface area contributed by atoms with Crippen LogP contribution in [0.25, 0.3) is 0 Å². The van der Waals surface area contributed by atoms with Gasteiger partial charge >= 0.3 is 0 Å². The number of ether oxygens (including phenoxy) is 1. The lowest BCUT2D eigenvalue weighted by Crippen LogP contribution is -2.27. The van der Waals surface area contributed by atoms with Crippen molar-refractivity contribution in [3.05, 3.63) is 30.3 Å². The molecule has 1 aromatic carbocycles. The molecule has 82 valence electrons. The summed E-state index contributed by atoms with van der Waals surface area (Å²) < 4.78 is 7.81. The average molecular weight is 223 g/mol. The molecule has 0 amide bonds. The van der Waals surface area contributed by atoms with E-state index in [0.29, 0.717) is 6.04 Å². The van der Waals surface area contributed by atoms with Gasteiger partial charge in [0, 0.05) is 19.7 Å². The fourth-order valence-corrected chi connectivity index (χ4v) is 3.36. The zero-order valence-corrected chi connectivity index (χ0v) is 10.1. The van der Waals surface area contributed by atoms with Crippen molar-refractivity contribution >= 4 is 14.0 Å². The van der Waals surface area contributed by atoms with Gasteiger partial charge in [-0.05, 0) is 26.9 Å². The lowest BCUT2D eigenvalue weighted by Gasteiger charge is -2.23. The first-order chi connectivity index (χ1) is 7.40. The average Bonchev–Trinajstić information content (AvgIpc) is 2.68. The van der Waals surface area contributed by atoms with E-state index in [4.69, 9.17) is 4.74 Å². The van der Waals surface area contributed by atoms with Crippen LogP contribution in [0.15, 0.2) is 30.3 Å². The zero-order chi connectivity index (χ0) is 10.5. The molecule has 2 atom stereocenters. The number of methoxy groups -OCH3 is 1. The number of hydrogen-bond donors (Lipinski definition) is 0. The Balaban J connectivity index is 1.93. The van der Waals surface area contributed by atoms with E-state index in [9.17, 15) is 0 Å². The number of hydrogen-bond acceptors (Lipinski definition) is 2. The summed E-state index contributed by atoms with van der Waals surface area (Å²) in [6.45, 7) is 2.10. The summed E-state index contributed by atoms with van der Waals surface area (Å²) in [6.07, 6.45) is 2.60. The minimum absolute atomic E-state index is 0.633. The largest absolute Gasteiger partial charge is 0.383 e. The molecule has 0 spiro atoms. The van der Waals surface area contributed by atoms with Gasteiger partial charge in [-0.1, -0.05) is 30.3 Å². The Hall–Kier alpha value is -0.430. The summed E-state index contributed by atoms with van der Waals surface area (Å²) in [5.74, 6) is 0. The SMILES string of the molecule is COC[C@@H]1CCCN1Pc1ccccc1. The smallest absolute Gasteiger partial charge is 0.0621 e. The maximum atomic E-state index is 5.26. The fourth-order valence-electron chi connectivity index (χ4n) is 2.03. The fraction of sp³-hybridized carbons (Fsp3) is 0.500. The second-order valence-electron chi connectivity index (χ2n) is 3.92. The van der Waals surface area contributed by atoms with Crippen molar-refractivity contribution in [3.8, 4) is 0 Å². The lowest BCUT2D eigenvalue weighted by atomic mass is 10.2. The molecule has 15 heavy (non-hydrogen) atoms. The first-order valence-corrected chi connectivity index (χ1v) is 6.42. The first-order valence-electron chi connectivity index (χ1n) is 5.47. The summed E-state index contributed by atoms with van der Waals surface area (Å²) in [5, 5.41) is 1.43. The standard InChI is InChI=1S/C12H18NOP/c1-14-10-11-6-5-9-13(11)15-12-7-3-2-4-8-12/h2-4,7-8,11,15H,5-6,9-10H2,1H3/t11-/m0/s1. The molecule has 0 aliphatic carbocycles. The number of nitrogens with zero attached hydrogens (tertiary/aromatic N) is 1. The minimum atomic E-state index is 0.633. The minimum Gasteiger partial charge on any atom is -0.383 e. The summed E-state index contributed by atoms with van der Waals surface area (Å²) in [4.78, 5) is 0. The van der Waals surface area contributed by atoms with Gasteiger partial charge in [0.2, 0.25) is 0 Å². The Kier molecular flexibility index (Phi) is 4.13. The Labute approximate surface area is 93.5 Å². The summed E-state index contributed by atoms with van der Waals surface area (Å²) in [7, 11) is 2.60. The van der Waals surface area contributed by atoms with Gasteiger partial charge in [-0.2, -0.15) is 0 Å². The van der Waals surface area contributed by atoms with Gasteiger partial charge in [0.1, 0.15) is 0 Å². The van der Waals surface area contributed by atoms with Crippen LogP contribution >= 0.6 is 8.73 Å². The van der Waals surface area contributed by atoms with Crippen LogP contribution in [0.1, 0.15) is 12.8 Å². The second kappa shape index (κ2) is 5.60. The summed E-state index contributed by atoms with van der Waals surface area (Å²) in [6, 6.07) is 11.4. The molecule has 3 heteroatoms. The predicted molar refractivity (Wildman–Crippen MR) is 66.0 cm³/mol.